The minimum Gasteiger partial charge on any atom is -0.319 e. The topological polar surface area (TPSA) is 93.1 Å². The van der Waals surface area contributed by atoms with Crippen molar-refractivity contribution in [2.45, 2.75) is 12.8 Å². The highest BCUT2D eigenvalue weighted by molar-refractivity contribution is 6.03. The first kappa shape index (κ1) is 15.0. The molecule has 1 aliphatic rings. The number of pyridine rings is 2. The summed E-state index contributed by atoms with van der Waals surface area (Å²) in [5, 5.41) is 5.39. The number of amides is 2. The Morgan fingerprint density at radius 3 is 2.61 bits per heavy atom. The van der Waals surface area contributed by atoms with Crippen LogP contribution in [0.5, 0.6) is 0 Å². The Hall–Kier alpha value is -2.96. The van der Waals surface area contributed by atoms with Crippen LogP contribution in [0.15, 0.2) is 41.3 Å². The van der Waals surface area contributed by atoms with Gasteiger partial charge in [0.2, 0.25) is 5.91 Å². The van der Waals surface area contributed by atoms with Gasteiger partial charge in [0, 0.05) is 19.0 Å². The van der Waals surface area contributed by atoms with Crippen LogP contribution in [0.2, 0.25) is 0 Å². The highest BCUT2D eigenvalue weighted by Crippen LogP contribution is 2.29. The smallest absolute Gasteiger partial charge is 0.272 e. The molecule has 7 heteroatoms. The van der Waals surface area contributed by atoms with Gasteiger partial charge >= 0.3 is 0 Å². The molecule has 7 nitrogen and oxygen atoms in total. The molecule has 118 valence electrons. The monoisotopic (exact) mass is 312 g/mol. The fraction of sp³-hybridized carbons (Fsp3) is 0.250. The first-order valence-corrected chi connectivity index (χ1v) is 7.29. The van der Waals surface area contributed by atoms with Gasteiger partial charge in [-0.15, -0.1) is 0 Å². The lowest BCUT2D eigenvalue weighted by Crippen LogP contribution is -2.25. The maximum absolute atomic E-state index is 12.2. The van der Waals surface area contributed by atoms with E-state index < -0.39 is 5.91 Å². The second kappa shape index (κ2) is 6.04. The average molecular weight is 312 g/mol. The van der Waals surface area contributed by atoms with Crippen LogP contribution in [0.25, 0.3) is 0 Å². The third-order valence-electron chi connectivity index (χ3n) is 3.64. The number of carbonyl (C=O) groups is 2. The second-order valence-corrected chi connectivity index (χ2v) is 5.46. The number of nitrogens with zero attached hydrogens (tertiary/aromatic N) is 2. The molecule has 23 heavy (non-hydrogen) atoms. The predicted octanol–water partition coefficient (Wildman–Crippen LogP) is 1.38. The number of nitrogens with one attached hydrogen (secondary N) is 2. The van der Waals surface area contributed by atoms with Crippen LogP contribution in [0.1, 0.15) is 23.3 Å². The van der Waals surface area contributed by atoms with Crippen molar-refractivity contribution in [2.24, 2.45) is 13.0 Å². The lowest BCUT2D eigenvalue weighted by molar-refractivity contribution is -0.117. The van der Waals surface area contributed by atoms with Crippen molar-refractivity contribution in [3.8, 4) is 0 Å². The van der Waals surface area contributed by atoms with Gasteiger partial charge in [0.25, 0.3) is 11.5 Å². The molecule has 0 unspecified atom stereocenters. The molecule has 3 rings (SSSR count). The Bertz CT molecular complexity index is 807. The van der Waals surface area contributed by atoms with Crippen molar-refractivity contribution in [3.63, 3.8) is 0 Å². The van der Waals surface area contributed by atoms with Gasteiger partial charge in [-0.25, -0.2) is 4.98 Å². The van der Waals surface area contributed by atoms with Crippen molar-refractivity contribution >= 4 is 23.3 Å². The van der Waals surface area contributed by atoms with Crippen LogP contribution in [0, 0.1) is 5.92 Å². The molecule has 1 saturated carbocycles. The van der Waals surface area contributed by atoms with Gasteiger partial charge in [0.05, 0.1) is 11.9 Å². The summed E-state index contributed by atoms with van der Waals surface area (Å²) in [5.41, 5.74) is 0.480. The molecule has 1 fully saturated rings. The lowest BCUT2D eigenvalue weighted by Gasteiger charge is -2.09. The van der Waals surface area contributed by atoms with Crippen LogP contribution < -0.4 is 16.2 Å². The molecule has 0 aromatic carbocycles. The molecule has 0 radical (unpaired) electrons. The van der Waals surface area contributed by atoms with Crippen LogP contribution in [-0.4, -0.2) is 21.4 Å². The summed E-state index contributed by atoms with van der Waals surface area (Å²) >= 11 is 0. The molecule has 0 atom stereocenters. The molecule has 0 aliphatic heterocycles. The Labute approximate surface area is 132 Å². The molecule has 0 saturated heterocycles. The van der Waals surface area contributed by atoms with Crippen molar-refractivity contribution in [1.29, 1.82) is 0 Å². The number of anilines is 2. The lowest BCUT2D eigenvalue weighted by atomic mass is 10.3. The van der Waals surface area contributed by atoms with Gasteiger partial charge in [-0.05, 0) is 31.0 Å². The van der Waals surface area contributed by atoms with Crippen LogP contribution >= 0.6 is 0 Å². The normalized spacial score (nSPS) is 13.4. The Morgan fingerprint density at radius 2 is 1.96 bits per heavy atom. The summed E-state index contributed by atoms with van der Waals surface area (Å²) < 4.78 is 1.27. The van der Waals surface area contributed by atoms with Crippen molar-refractivity contribution in [2.75, 3.05) is 10.6 Å². The molecule has 2 heterocycles. The van der Waals surface area contributed by atoms with E-state index in [1.165, 1.54) is 29.9 Å². The molecule has 2 N–H and O–H groups in total. The maximum Gasteiger partial charge on any atom is 0.272 e. The van der Waals surface area contributed by atoms with E-state index in [2.05, 4.69) is 15.6 Å². The largest absolute Gasteiger partial charge is 0.319 e. The van der Waals surface area contributed by atoms with Gasteiger partial charge in [-0.2, -0.15) is 0 Å². The fourth-order valence-electron chi connectivity index (χ4n) is 2.10. The van der Waals surface area contributed by atoms with E-state index in [0.717, 1.165) is 12.8 Å². The Kier molecular flexibility index (Phi) is 3.92. The third-order valence-corrected chi connectivity index (χ3v) is 3.64. The van der Waals surface area contributed by atoms with E-state index in [1.54, 1.807) is 18.2 Å². The van der Waals surface area contributed by atoms with E-state index in [1.807, 2.05) is 0 Å². The summed E-state index contributed by atoms with van der Waals surface area (Å²) in [6.45, 7) is 0. The molecule has 2 amide bonds. The minimum absolute atomic E-state index is 0.0198. The summed E-state index contributed by atoms with van der Waals surface area (Å²) in [7, 11) is 1.53. The van der Waals surface area contributed by atoms with Gasteiger partial charge in [-0.3, -0.25) is 14.4 Å². The molecule has 1 aliphatic carbocycles. The zero-order valence-corrected chi connectivity index (χ0v) is 12.6. The van der Waals surface area contributed by atoms with Gasteiger partial charge in [-0.1, -0.05) is 6.07 Å². The van der Waals surface area contributed by atoms with Crippen LogP contribution in [0.4, 0.5) is 11.5 Å². The third kappa shape index (κ3) is 3.45. The highest BCUT2D eigenvalue weighted by atomic mass is 16.2. The van der Waals surface area contributed by atoms with E-state index in [0.29, 0.717) is 11.5 Å². The zero-order valence-electron chi connectivity index (χ0n) is 12.6. The Balaban J connectivity index is 1.67. The van der Waals surface area contributed by atoms with Crippen molar-refractivity contribution in [3.05, 3.63) is 52.6 Å². The Morgan fingerprint density at radius 1 is 1.17 bits per heavy atom. The van der Waals surface area contributed by atoms with E-state index in [4.69, 9.17) is 0 Å². The molecule has 0 spiro atoms. The van der Waals surface area contributed by atoms with Crippen LogP contribution in [0.3, 0.4) is 0 Å². The van der Waals surface area contributed by atoms with E-state index in [9.17, 15) is 14.4 Å². The SMILES string of the molecule is Cn1c(C(=O)Nc2ccc(NC(=O)C3CC3)nc2)cccc1=O. The molecule has 0 bridgehead atoms. The standard InChI is InChI=1S/C16H16N4O3/c1-20-12(3-2-4-14(20)21)16(23)18-11-7-8-13(17-9-11)19-15(22)10-5-6-10/h2-4,7-10H,5-6H2,1H3,(H,18,23)(H,17,19,22). The average Bonchev–Trinajstić information content (AvgIpc) is 3.36. The minimum atomic E-state index is -0.401. The van der Waals surface area contributed by atoms with Crippen LogP contribution in [-0.2, 0) is 11.8 Å². The number of carbonyl (C=O) groups excluding carboxylic acids is 2. The number of aromatic nitrogens is 2. The molecule has 2 aromatic heterocycles. The highest BCUT2D eigenvalue weighted by Gasteiger charge is 2.29. The van der Waals surface area contributed by atoms with Gasteiger partial charge in [0.1, 0.15) is 11.5 Å². The predicted molar refractivity (Wildman–Crippen MR) is 85.2 cm³/mol. The first-order valence-electron chi connectivity index (χ1n) is 7.29. The van der Waals surface area contributed by atoms with E-state index >= 15 is 0 Å². The maximum atomic E-state index is 12.2. The number of rotatable bonds is 4. The first-order chi connectivity index (χ1) is 11.0. The zero-order chi connectivity index (χ0) is 16.4. The summed E-state index contributed by atoms with van der Waals surface area (Å²) in [6.07, 6.45) is 3.31. The summed E-state index contributed by atoms with van der Waals surface area (Å²) in [5.74, 6) is 0.137. The van der Waals surface area contributed by atoms with E-state index in [-0.39, 0.29) is 23.1 Å². The van der Waals surface area contributed by atoms with Gasteiger partial charge in [0.15, 0.2) is 0 Å². The van der Waals surface area contributed by atoms with Gasteiger partial charge < -0.3 is 15.2 Å². The fourth-order valence-corrected chi connectivity index (χ4v) is 2.10. The van der Waals surface area contributed by atoms with Crippen molar-refractivity contribution in [1.82, 2.24) is 9.55 Å². The number of hydrogen-bond acceptors (Lipinski definition) is 4. The second-order valence-electron chi connectivity index (χ2n) is 5.46. The molecule has 2 aromatic rings. The summed E-state index contributed by atoms with van der Waals surface area (Å²) in [4.78, 5) is 39.5. The summed E-state index contributed by atoms with van der Waals surface area (Å²) in [6, 6.07) is 7.75. The molecular weight excluding hydrogens is 296 g/mol. The quantitative estimate of drug-likeness (QED) is 0.892. The van der Waals surface area contributed by atoms with Crippen molar-refractivity contribution < 1.29 is 9.59 Å². The molecular formula is C16H16N4O3. The number of hydrogen-bond donors (Lipinski definition) is 2.